The zero-order chi connectivity index (χ0) is 14.7. The number of carbonyl (C=O) groups excluding carboxylic acids is 1. The van der Waals surface area contributed by atoms with E-state index >= 15 is 0 Å². The molecule has 4 nitrogen and oxygen atoms in total. The van der Waals surface area contributed by atoms with Crippen LogP contribution in [0.4, 0.5) is 5.69 Å². The number of hydrogen-bond donors (Lipinski definition) is 2. The van der Waals surface area contributed by atoms with E-state index in [0.29, 0.717) is 23.2 Å². The number of piperidine rings is 1. The summed E-state index contributed by atoms with van der Waals surface area (Å²) in [5.74, 6) is 0.806. The molecule has 2 aliphatic heterocycles. The number of benzene rings is 1. The minimum Gasteiger partial charge on any atom is -0.325 e. The fourth-order valence-electron chi connectivity index (χ4n) is 3.36. The van der Waals surface area contributed by atoms with Crippen molar-refractivity contribution in [3.63, 3.8) is 0 Å². The fraction of sp³-hybridized carbons (Fsp3) is 0.562. The third-order valence-corrected chi connectivity index (χ3v) is 4.87. The Morgan fingerprint density at radius 3 is 3.10 bits per heavy atom. The van der Waals surface area contributed by atoms with Gasteiger partial charge in [-0.25, -0.2) is 0 Å². The van der Waals surface area contributed by atoms with Crippen molar-refractivity contribution >= 4 is 23.2 Å². The molecule has 0 radical (unpaired) electrons. The summed E-state index contributed by atoms with van der Waals surface area (Å²) >= 11 is 6.05. The summed E-state index contributed by atoms with van der Waals surface area (Å²) in [6.07, 6.45) is 3.00. The number of amides is 1. The molecule has 1 aromatic carbocycles. The van der Waals surface area contributed by atoms with Crippen LogP contribution in [0.15, 0.2) is 24.3 Å². The van der Waals surface area contributed by atoms with Crippen molar-refractivity contribution in [3.05, 3.63) is 29.3 Å². The van der Waals surface area contributed by atoms with Crippen LogP contribution in [-0.2, 0) is 4.79 Å². The largest absolute Gasteiger partial charge is 0.325 e. The molecule has 2 heterocycles. The monoisotopic (exact) mass is 307 g/mol. The summed E-state index contributed by atoms with van der Waals surface area (Å²) in [5, 5.41) is 7.04. The van der Waals surface area contributed by atoms with Crippen LogP contribution >= 0.6 is 11.6 Å². The van der Waals surface area contributed by atoms with Gasteiger partial charge in [0.1, 0.15) is 0 Å². The summed E-state index contributed by atoms with van der Waals surface area (Å²) in [5.41, 5.74) is 0.697. The van der Waals surface area contributed by atoms with Gasteiger partial charge in [0.25, 0.3) is 0 Å². The summed E-state index contributed by atoms with van der Waals surface area (Å²) < 4.78 is 0. The second kappa shape index (κ2) is 6.77. The number of para-hydroxylation sites is 1. The van der Waals surface area contributed by atoms with E-state index in [-0.39, 0.29) is 5.91 Å². The van der Waals surface area contributed by atoms with Crippen molar-refractivity contribution in [1.82, 2.24) is 10.2 Å². The molecule has 3 rings (SSSR count). The van der Waals surface area contributed by atoms with Crippen molar-refractivity contribution < 1.29 is 4.79 Å². The van der Waals surface area contributed by atoms with E-state index in [4.69, 9.17) is 11.6 Å². The highest BCUT2D eigenvalue weighted by molar-refractivity contribution is 6.33. The molecule has 0 aliphatic carbocycles. The van der Waals surface area contributed by atoms with Crippen molar-refractivity contribution in [2.45, 2.75) is 25.3 Å². The van der Waals surface area contributed by atoms with E-state index in [1.54, 1.807) is 6.07 Å². The molecule has 2 aliphatic rings. The summed E-state index contributed by atoms with van der Waals surface area (Å²) in [6.45, 7) is 4.19. The Morgan fingerprint density at radius 2 is 2.24 bits per heavy atom. The average Bonchev–Trinajstić information content (AvgIpc) is 2.95. The SMILES string of the molecule is O=C(CCN1CCC2NCCC2C1)Nc1ccccc1Cl. The second-order valence-electron chi connectivity index (χ2n) is 5.98. The molecule has 2 saturated heterocycles. The highest BCUT2D eigenvalue weighted by Crippen LogP contribution is 2.25. The number of nitrogens with zero attached hydrogens (tertiary/aromatic N) is 1. The van der Waals surface area contributed by atoms with Gasteiger partial charge in [0.15, 0.2) is 0 Å². The normalized spacial score (nSPS) is 25.6. The third kappa shape index (κ3) is 3.76. The van der Waals surface area contributed by atoms with Crippen LogP contribution in [-0.4, -0.2) is 43.0 Å². The quantitative estimate of drug-likeness (QED) is 0.897. The van der Waals surface area contributed by atoms with Crippen LogP contribution in [0.2, 0.25) is 5.02 Å². The molecular weight excluding hydrogens is 286 g/mol. The molecule has 0 saturated carbocycles. The zero-order valence-electron chi connectivity index (χ0n) is 12.1. The van der Waals surface area contributed by atoms with Gasteiger partial charge >= 0.3 is 0 Å². The van der Waals surface area contributed by atoms with Crippen LogP contribution in [0.25, 0.3) is 0 Å². The van der Waals surface area contributed by atoms with E-state index in [1.807, 2.05) is 18.2 Å². The molecule has 0 spiro atoms. The van der Waals surface area contributed by atoms with Crippen LogP contribution in [0.5, 0.6) is 0 Å². The van der Waals surface area contributed by atoms with Gasteiger partial charge in [0.2, 0.25) is 5.91 Å². The van der Waals surface area contributed by atoms with Crippen LogP contribution in [0, 0.1) is 5.92 Å². The van der Waals surface area contributed by atoms with Gasteiger partial charge in [0, 0.05) is 25.6 Å². The van der Waals surface area contributed by atoms with Crippen LogP contribution in [0.3, 0.4) is 0 Å². The maximum atomic E-state index is 12.0. The lowest BCUT2D eigenvalue weighted by molar-refractivity contribution is -0.116. The Bertz CT molecular complexity index is 508. The molecule has 2 unspecified atom stereocenters. The van der Waals surface area contributed by atoms with Gasteiger partial charge < -0.3 is 15.5 Å². The number of rotatable bonds is 4. The highest BCUT2D eigenvalue weighted by atomic mass is 35.5. The first kappa shape index (κ1) is 14.8. The van der Waals surface area contributed by atoms with Crippen LogP contribution in [0.1, 0.15) is 19.3 Å². The topological polar surface area (TPSA) is 44.4 Å². The molecule has 2 fully saturated rings. The van der Waals surface area contributed by atoms with E-state index in [1.165, 1.54) is 12.8 Å². The molecule has 114 valence electrons. The maximum absolute atomic E-state index is 12.0. The minimum absolute atomic E-state index is 0.0368. The number of carbonyl (C=O) groups is 1. The number of hydrogen-bond acceptors (Lipinski definition) is 3. The molecule has 2 atom stereocenters. The number of halogens is 1. The van der Waals surface area contributed by atoms with Gasteiger partial charge in [-0.05, 0) is 44.0 Å². The molecular formula is C16H22ClN3O. The van der Waals surface area contributed by atoms with Crippen molar-refractivity contribution in [2.75, 3.05) is 31.5 Å². The van der Waals surface area contributed by atoms with Crippen molar-refractivity contribution in [3.8, 4) is 0 Å². The average molecular weight is 308 g/mol. The fourth-order valence-corrected chi connectivity index (χ4v) is 3.54. The number of anilines is 1. The predicted octanol–water partition coefficient (Wildman–Crippen LogP) is 2.35. The summed E-state index contributed by atoms with van der Waals surface area (Å²) in [6, 6.07) is 8.06. The maximum Gasteiger partial charge on any atom is 0.225 e. The molecule has 1 aromatic rings. The van der Waals surface area contributed by atoms with Crippen molar-refractivity contribution in [1.29, 1.82) is 0 Å². The first-order valence-electron chi connectivity index (χ1n) is 7.72. The van der Waals surface area contributed by atoms with Gasteiger partial charge in [-0.15, -0.1) is 0 Å². The number of likely N-dealkylation sites (tertiary alicyclic amines) is 1. The summed E-state index contributed by atoms with van der Waals surface area (Å²) in [4.78, 5) is 14.4. The lowest BCUT2D eigenvalue weighted by atomic mass is 9.93. The van der Waals surface area contributed by atoms with Gasteiger partial charge in [0.05, 0.1) is 10.7 Å². The number of nitrogens with one attached hydrogen (secondary N) is 2. The predicted molar refractivity (Wildman–Crippen MR) is 85.7 cm³/mol. The first-order chi connectivity index (χ1) is 10.2. The standard InChI is InChI=1S/C16H22ClN3O/c17-13-3-1-2-4-15(13)19-16(21)7-10-20-9-6-14-12(11-20)5-8-18-14/h1-4,12,14,18H,5-11H2,(H,19,21). The van der Waals surface area contributed by atoms with E-state index in [2.05, 4.69) is 15.5 Å². The molecule has 0 bridgehead atoms. The third-order valence-electron chi connectivity index (χ3n) is 4.54. The lowest BCUT2D eigenvalue weighted by Crippen LogP contribution is -2.45. The summed E-state index contributed by atoms with van der Waals surface area (Å²) in [7, 11) is 0. The minimum atomic E-state index is 0.0368. The Morgan fingerprint density at radius 1 is 1.38 bits per heavy atom. The van der Waals surface area contributed by atoms with Crippen molar-refractivity contribution in [2.24, 2.45) is 5.92 Å². The highest BCUT2D eigenvalue weighted by Gasteiger charge is 2.32. The Labute approximate surface area is 130 Å². The Balaban J connectivity index is 1.45. The van der Waals surface area contributed by atoms with E-state index in [9.17, 15) is 4.79 Å². The zero-order valence-corrected chi connectivity index (χ0v) is 12.9. The van der Waals surface area contributed by atoms with Gasteiger partial charge in [-0.3, -0.25) is 4.79 Å². The first-order valence-corrected chi connectivity index (χ1v) is 8.10. The second-order valence-corrected chi connectivity index (χ2v) is 6.38. The van der Waals surface area contributed by atoms with Gasteiger partial charge in [-0.1, -0.05) is 23.7 Å². The molecule has 5 heteroatoms. The molecule has 1 amide bonds. The molecule has 2 N–H and O–H groups in total. The van der Waals surface area contributed by atoms with E-state index < -0.39 is 0 Å². The van der Waals surface area contributed by atoms with Crippen LogP contribution < -0.4 is 10.6 Å². The smallest absolute Gasteiger partial charge is 0.225 e. The lowest BCUT2D eigenvalue weighted by Gasteiger charge is -2.34. The Hall–Kier alpha value is -1.10. The number of fused-ring (bicyclic) bond motifs is 1. The molecule has 0 aromatic heterocycles. The Kier molecular flexibility index (Phi) is 4.78. The van der Waals surface area contributed by atoms with Gasteiger partial charge in [-0.2, -0.15) is 0 Å². The van der Waals surface area contributed by atoms with E-state index in [0.717, 1.165) is 32.1 Å². The molecule has 21 heavy (non-hydrogen) atoms.